The van der Waals surface area contributed by atoms with E-state index in [1.54, 1.807) is 0 Å². The third kappa shape index (κ3) is 3.33. The second kappa shape index (κ2) is 6.78. The van der Waals surface area contributed by atoms with Crippen molar-refractivity contribution in [2.75, 3.05) is 10.6 Å². The maximum absolute atomic E-state index is 13.3. The van der Waals surface area contributed by atoms with Crippen LogP contribution in [0, 0.1) is 17.5 Å². The van der Waals surface area contributed by atoms with E-state index in [9.17, 15) is 26.4 Å². The molecule has 2 aliphatic rings. The number of anilines is 2. The van der Waals surface area contributed by atoms with Crippen LogP contribution in [-0.2, 0) is 10.0 Å². The Balaban J connectivity index is 1.65. The van der Waals surface area contributed by atoms with E-state index in [4.69, 9.17) is 0 Å². The molecule has 1 fully saturated rings. The molecule has 28 heavy (non-hydrogen) atoms. The lowest BCUT2D eigenvalue weighted by Crippen LogP contribution is -2.40. The zero-order valence-electron chi connectivity index (χ0n) is 14.4. The molecule has 1 aliphatic carbocycles. The van der Waals surface area contributed by atoms with Crippen molar-refractivity contribution in [1.82, 2.24) is 4.72 Å². The molecule has 2 atom stereocenters. The number of amides is 1. The highest BCUT2D eigenvalue weighted by Crippen LogP contribution is 2.32. The first-order valence-corrected chi connectivity index (χ1v) is 10.1. The molecule has 2 aromatic rings. The van der Waals surface area contributed by atoms with Crippen LogP contribution in [0.2, 0.25) is 0 Å². The third-order valence-corrected chi connectivity index (χ3v) is 6.47. The standard InChI is InChI=1S/C18H16F3N3O3S/c19-11-7-10(8-12(20)17(11)21)22-18(25)9-4-5-15-16(6-9)28(26,27)24-14-3-1-2-13(14)23-15/h4-8,13-14,23-24H,1-3H2,(H,22,25)/t13-,14-/m0/s1. The van der Waals surface area contributed by atoms with Crippen LogP contribution in [0.4, 0.5) is 24.5 Å². The second-order valence-electron chi connectivity index (χ2n) is 6.83. The second-order valence-corrected chi connectivity index (χ2v) is 8.51. The SMILES string of the molecule is O=C(Nc1cc(F)c(F)c(F)c1)c1ccc2c(c1)S(=O)(=O)N[C@H]1CCC[C@@H]1N2. The van der Waals surface area contributed by atoms with Crippen LogP contribution in [0.5, 0.6) is 0 Å². The minimum Gasteiger partial charge on any atom is -0.380 e. The van der Waals surface area contributed by atoms with Gasteiger partial charge in [0.15, 0.2) is 17.5 Å². The van der Waals surface area contributed by atoms with Crippen molar-refractivity contribution in [3.8, 4) is 0 Å². The summed E-state index contributed by atoms with van der Waals surface area (Å²) in [6, 6.07) is 5.11. The van der Waals surface area contributed by atoms with Crippen molar-refractivity contribution in [3.63, 3.8) is 0 Å². The Morgan fingerprint density at radius 1 is 1.04 bits per heavy atom. The van der Waals surface area contributed by atoms with E-state index in [0.717, 1.165) is 19.3 Å². The predicted molar refractivity (Wildman–Crippen MR) is 96.1 cm³/mol. The third-order valence-electron chi connectivity index (χ3n) is 4.94. The molecule has 0 aromatic heterocycles. The fourth-order valence-electron chi connectivity index (χ4n) is 3.57. The Morgan fingerprint density at radius 3 is 2.43 bits per heavy atom. The molecule has 1 amide bonds. The lowest BCUT2D eigenvalue weighted by Gasteiger charge is -2.17. The van der Waals surface area contributed by atoms with Crippen molar-refractivity contribution in [1.29, 1.82) is 0 Å². The summed E-state index contributed by atoms with van der Waals surface area (Å²) in [6.45, 7) is 0. The number of nitrogens with one attached hydrogen (secondary N) is 3. The minimum absolute atomic E-state index is 0.0249. The highest BCUT2D eigenvalue weighted by molar-refractivity contribution is 7.89. The number of rotatable bonds is 2. The number of hydrogen-bond donors (Lipinski definition) is 3. The molecule has 0 saturated heterocycles. The number of hydrogen-bond acceptors (Lipinski definition) is 4. The van der Waals surface area contributed by atoms with Crippen LogP contribution in [0.25, 0.3) is 0 Å². The summed E-state index contributed by atoms with van der Waals surface area (Å²) < 4.78 is 67.7. The average Bonchev–Trinajstić information content (AvgIpc) is 3.01. The molecule has 3 N–H and O–H groups in total. The van der Waals surface area contributed by atoms with Crippen molar-refractivity contribution >= 4 is 27.3 Å². The minimum atomic E-state index is -3.84. The Morgan fingerprint density at radius 2 is 1.71 bits per heavy atom. The average molecular weight is 411 g/mol. The lowest BCUT2D eigenvalue weighted by atomic mass is 10.1. The lowest BCUT2D eigenvalue weighted by molar-refractivity contribution is 0.102. The fraction of sp³-hybridized carbons (Fsp3) is 0.278. The summed E-state index contributed by atoms with van der Waals surface area (Å²) in [6.07, 6.45) is 2.46. The van der Waals surface area contributed by atoms with Gasteiger partial charge < -0.3 is 10.6 Å². The van der Waals surface area contributed by atoms with E-state index >= 15 is 0 Å². The van der Waals surface area contributed by atoms with Gasteiger partial charge in [-0.3, -0.25) is 4.79 Å². The summed E-state index contributed by atoms with van der Waals surface area (Å²) >= 11 is 0. The maximum Gasteiger partial charge on any atom is 0.255 e. The molecule has 6 nitrogen and oxygen atoms in total. The highest BCUT2D eigenvalue weighted by Gasteiger charge is 2.36. The van der Waals surface area contributed by atoms with E-state index in [2.05, 4.69) is 15.4 Å². The van der Waals surface area contributed by atoms with Crippen molar-refractivity contribution in [2.45, 2.75) is 36.2 Å². The van der Waals surface area contributed by atoms with Crippen LogP contribution in [0.15, 0.2) is 35.2 Å². The van der Waals surface area contributed by atoms with E-state index in [1.807, 2.05) is 0 Å². The Labute approximate surface area is 159 Å². The van der Waals surface area contributed by atoms with Crippen molar-refractivity contribution in [3.05, 3.63) is 53.3 Å². The van der Waals surface area contributed by atoms with Crippen LogP contribution in [0.1, 0.15) is 29.6 Å². The molecule has 1 heterocycles. The zero-order valence-corrected chi connectivity index (χ0v) is 15.2. The van der Waals surface area contributed by atoms with Gasteiger partial charge in [-0.05, 0) is 37.5 Å². The van der Waals surface area contributed by atoms with Crippen LogP contribution < -0.4 is 15.4 Å². The molecule has 0 unspecified atom stereocenters. The summed E-state index contributed by atoms with van der Waals surface area (Å²) in [5, 5.41) is 5.44. The van der Waals surface area contributed by atoms with Gasteiger partial charge in [-0.1, -0.05) is 0 Å². The van der Waals surface area contributed by atoms with Gasteiger partial charge in [-0.25, -0.2) is 26.3 Å². The fourth-order valence-corrected chi connectivity index (χ4v) is 5.08. The first kappa shape index (κ1) is 18.8. The van der Waals surface area contributed by atoms with Gasteiger partial charge in [0.25, 0.3) is 5.91 Å². The largest absolute Gasteiger partial charge is 0.380 e. The number of halogens is 3. The highest BCUT2D eigenvalue weighted by atomic mass is 32.2. The molecular formula is C18H16F3N3O3S. The molecule has 1 saturated carbocycles. The van der Waals surface area contributed by atoms with Crippen LogP contribution >= 0.6 is 0 Å². The van der Waals surface area contributed by atoms with Gasteiger partial charge in [-0.15, -0.1) is 0 Å². The number of carbonyl (C=O) groups excluding carboxylic acids is 1. The van der Waals surface area contributed by atoms with Gasteiger partial charge in [-0.2, -0.15) is 0 Å². The summed E-state index contributed by atoms with van der Waals surface area (Å²) in [5.74, 6) is -5.32. The monoisotopic (exact) mass is 411 g/mol. The zero-order chi connectivity index (χ0) is 20.1. The Hall–Kier alpha value is -2.59. The molecular weight excluding hydrogens is 395 g/mol. The maximum atomic E-state index is 13.3. The van der Waals surface area contributed by atoms with Gasteiger partial charge in [0, 0.05) is 35.5 Å². The number of carbonyl (C=O) groups is 1. The van der Waals surface area contributed by atoms with Gasteiger partial charge in [0.1, 0.15) is 4.90 Å². The van der Waals surface area contributed by atoms with Crippen molar-refractivity contribution in [2.24, 2.45) is 0 Å². The smallest absolute Gasteiger partial charge is 0.255 e. The molecule has 10 heteroatoms. The van der Waals surface area contributed by atoms with E-state index in [0.29, 0.717) is 17.8 Å². The number of fused-ring (bicyclic) bond motifs is 2. The molecule has 1 aliphatic heterocycles. The molecule has 0 spiro atoms. The number of sulfonamides is 1. The van der Waals surface area contributed by atoms with E-state index < -0.39 is 33.4 Å². The van der Waals surface area contributed by atoms with Crippen LogP contribution in [0.3, 0.4) is 0 Å². The Bertz CT molecular complexity index is 1050. The van der Waals surface area contributed by atoms with Crippen LogP contribution in [-0.4, -0.2) is 26.4 Å². The molecule has 0 bridgehead atoms. The number of benzene rings is 2. The van der Waals surface area contributed by atoms with E-state index in [-0.39, 0.29) is 28.2 Å². The molecule has 2 aromatic carbocycles. The van der Waals surface area contributed by atoms with Gasteiger partial charge in [0.05, 0.1) is 5.69 Å². The van der Waals surface area contributed by atoms with Gasteiger partial charge in [0.2, 0.25) is 10.0 Å². The normalized spacial score (nSPS) is 22.5. The molecule has 148 valence electrons. The first-order valence-electron chi connectivity index (χ1n) is 8.63. The summed E-state index contributed by atoms with van der Waals surface area (Å²) in [7, 11) is -3.84. The summed E-state index contributed by atoms with van der Waals surface area (Å²) in [4.78, 5) is 12.3. The predicted octanol–water partition coefficient (Wildman–Crippen LogP) is 2.98. The quantitative estimate of drug-likeness (QED) is 0.663. The molecule has 0 radical (unpaired) electrons. The van der Waals surface area contributed by atoms with Gasteiger partial charge >= 0.3 is 0 Å². The first-order chi connectivity index (χ1) is 13.2. The summed E-state index contributed by atoms with van der Waals surface area (Å²) in [5.41, 5.74) is 0.0745. The van der Waals surface area contributed by atoms with E-state index in [1.165, 1.54) is 18.2 Å². The van der Waals surface area contributed by atoms with Crippen molar-refractivity contribution < 1.29 is 26.4 Å². The Kier molecular flexibility index (Phi) is 4.54. The topological polar surface area (TPSA) is 87.3 Å². The molecule has 4 rings (SSSR count).